The second-order valence-corrected chi connectivity index (χ2v) is 6.67. The number of aromatic amines is 1. The number of benzene rings is 1. The van der Waals surface area contributed by atoms with Crippen LogP contribution in [-0.4, -0.2) is 40.7 Å². The number of nitrogens with one attached hydrogen (secondary N) is 2. The summed E-state index contributed by atoms with van der Waals surface area (Å²) in [7, 11) is 0. The third-order valence-electron chi connectivity index (χ3n) is 5.08. The molecule has 6 heteroatoms. The Morgan fingerprint density at radius 3 is 2.73 bits per heavy atom. The molecule has 0 amide bonds. The number of likely N-dealkylation sites (tertiary alicyclic amines) is 1. The highest BCUT2D eigenvalue weighted by Gasteiger charge is 2.30. The Labute approximate surface area is 173 Å². The lowest BCUT2D eigenvalue weighted by Gasteiger charge is -2.40. The van der Waals surface area contributed by atoms with Gasteiger partial charge in [-0.05, 0) is 36.8 Å². The van der Waals surface area contributed by atoms with Crippen molar-refractivity contribution in [2.45, 2.75) is 39.2 Å². The van der Waals surface area contributed by atoms with E-state index in [4.69, 9.17) is 4.99 Å². The smallest absolute Gasteiger partial charge is 0.194 e. The number of rotatable bonds is 5. The van der Waals surface area contributed by atoms with Gasteiger partial charge in [-0.3, -0.25) is 5.10 Å². The summed E-state index contributed by atoms with van der Waals surface area (Å²) in [5, 5.41) is 10.4. The van der Waals surface area contributed by atoms with Crippen LogP contribution in [-0.2, 0) is 6.54 Å². The number of nitrogens with zero attached hydrogens (tertiary/aromatic N) is 3. The molecule has 1 aliphatic rings. The number of piperidine rings is 1. The molecule has 1 aliphatic heterocycles. The van der Waals surface area contributed by atoms with Gasteiger partial charge in [-0.2, -0.15) is 5.10 Å². The van der Waals surface area contributed by atoms with E-state index in [-0.39, 0.29) is 24.0 Å². The van der Waals surface area contributed by atoms with Gasteiger partial charge in [-0.15, -0.1) is 24.0 Å². The number of aromatic nitrogens is 2. The van der Waals surface area contributed by atoms with E-state index in [0.29, 0.717) is 18.4 Å². The average Bonchev–Trinajstić information content (AvgIpc) is 3.19. The van der Waals surface area contributed by atoms with Crippen molar-refractivity contribution in [2.75, 3.05) is 19.6 Å². The van der Waals surface area contributed by atoms with Crippen molar-refractivity contribution in [3.63, 3.8) is 0 Å². The Balaban J connectivity index is 0.00000243. The molecule has 3 rings (SSSR count). The molecule has 2 aromatic rings. The fourth-order valence-electron chi connectivity index (χ4n) is 3.74. The van der Waals surface area contributed by atoms with Crippen molar-refractivity contribution in [1.29, 1.82) is 0 Å². The zero-order valence-corrected chi connectivity index (χ0v) is 18.0. The van der Waals surface area contributed by atoms with E-state index in [0.717, 1.165) is 31.3 Å². The molecule has 1 aromatic heterocycles. The summed E-state index contributed by atoms with van der Waals surface area (Å²) in [5.41, 5.74) is 2.52. The van der Waals surface area contributed by atoms with Crippen LogP contribution in [0.15, 0.2) is 47.6 Å². The maximum absolute atomic E-state index is 4.81. The summed E-state index contributed by atoms with van der Waals surface area (Å²) >= 11 is 0. The summed E-state index contributed by atoms with van der Waals surface area (Å²) in [6, 6.07) is 12.9. The first-order chi connectivity index (χ1) is 12.3. The summed E-state index contributed by atoms with van der Waals surface area (Å²) < 4.78 is 0. The highest BCUT2D eigenvalue weighted by Crippen LogP contribution is 2.34. The molecule has 0 aliphatic carbocycles. The largest absolute Gasteiger partial charge is 0.357 e. The maximum Gasteiger partial charge on any atom is 0.194 e. The Morgan fingerprint density at radius 1 is 1.27 bits per heavy atom. The van der Waals surface area contributed by atoms with Crippen LogP contribution in [0.5, 0.6) is 0 Å². The molecule has 0 radical (unpaired) electrons. The second kappa shape index (κ2) is 10.5. The lowest BCUT2D eigenvalue weighted by atomic mass is 9.79. The molecule has 1 saturated heterocycles. The number of hydrogen-bond donors (Lipinski definition) is 2. The van der Waals surface area contributed by atoms with Gasteiger partial charge in [0.15, 0.2) is 5.96 Å². The molecule has 0 spiro atoms. The van der Waals surface area contributed by atoms with Crippen molar-refractivity contribution >= 4 is 29.9 Å². The van der Waals surface area contributed by atoms with Crippen LogP contribution >= 0.6 is 24.0 Å². The molecule has 5 nitrogen and oxygen atoms in total. The summed E-state index contributed by atoms with van der Waals surface area (Å²) in [5.74, 6) is 2.33. The van der Waals surface area contributed by atoms with Gasteiger partial charge in [-0.1, -0.05) is 43.7 Å². The molecule has 0 saturated carbocycles. The first-order valence-corrected chi connectivity index (χ1v) is 9.38. The monoisotopic (exact) mass is 467 g/mol. The Hall–Kier alpha value is -1.57. The molecule has 2 heterocycles. The van der Waals surface area contributed by atoms with Crippen LogP contribution in [0, 0.1) is 5.92 Å². The fourth-order valence-corrected chi connectivity index (χ4v) is 3.74. The van der Waals surface area contributed by atoms with Gasteiger partial charge in [-0.25, -0.2) is 4.99 Å². The molecule has 1 aromatic carbocycles. The van der Waals surface area contributed by atoms with E-state index >= 15 is 0 Å². The van der Waals surface area contributed by atoms with Crippen molar-refractivity contribution < 1.29 is 0 Å². The minimum atomic E-state index is 0. The molecule has 2 unspecified atom stereocenters. The van der Waals surface area contributed by atoms with Crippen molar-refractivity contribution in [3.8, 4) is 0 Å². The highest BCUT2D eigenvalue weighted by molar-refractivity contribution is 14.0. The molecular weight excluding hydrogens is 437 g/mol. The van der Waals surface area contributed by atoms with Gasteiger partial charge in [0.2, 0.25) is 0 Å². The predicted molar refractivity (Wildman–Crippen MR) is 118 cm³/mol. The number of hydrogen-bond acceptors (Lipinski definition) is 2. The Bertz CT molecular complexity index is 656. The lowest BCUT2D eigenvalue weighted by molar-refractivity contribution is 0.215. The van der Waals surface area contributed by atoms with Gasteiger partial charge < -0.3 is 10.2 Å². The number of halogens is 1. The normalized spacial score (nSPS) is 20.5. The standard InChI is InChI=1S/C20H29N5.HI/c1-3-16-15-25(13-11-19(16)17-8-6-5-7-9-17)20(21-4-2)22-14-18-10-12-23-24-18;/h5-10,12,16,19H,3-4,11,13-15H2,1-2H3,(H,21,22)(H,23,24);1H. The van der Waals surface area contributed by atoms with Crippen LogP contribution in [0.3, 0.4) is 0 Å². The van der Waals surface area contributed by atoms with Crippen LogP contribution in [0.25, 0.3) is 0 Å². The van der Waals surface area contributed by atoms with Crippen molar-refractivity contribution in [1.82, 2.24) is 20.4 Å². The molecular formula is C20H30IN5. The van der Waals surface area contributed by atoms with Crippen LogP contribution in [0.1, 0.15) is 43.9 Å². The van der Waals surface area contributed by atoms with Crippen molar-refractivity contribution in [3.05, 3.63) is 53.9 Å². The number of H-pyrrole nitrogens is 1. The van der Waals surface area contributed by atoms with Crippen molar-refractivity contribution in [2.24, 2.45) is 10.9 Å². The molecule has 2 N–H and O–H groups in total. The highest BCUT2D eigenvalue weighted by atomic mass is 127. The van der Waals surface area contributed by atoms with E-state index < -0.39 is 0 Å². The Morgan fingerprint density at radius 2 is 2.08 bits per heavy atom. The average molecular weight is 467 g/mol. The van der Waals surface area contributed by atoms with E-state index in [9.17, 15) is 0 Å². The van der Waals surface area contributed by atoms with E-state index in [1.807, 2.05) is 6.07 Å². The third-order valence-corrected chi connectivity index (χ3v) is 5.08. The zero-order chi connectivity index (χ0) is 17.5. The van der Waals surface area contributed by atoms with E-state index in [2.05, 4.69) is 64.6 Å². The summed E-state index contributed by atoms with van der Waals surface area (Å²) in [6.07, 6.45) is 4.14. The van der Waals surface area contributed by atoms with Gasteiger partial charge >= 0.3 is 0 Å². The topological polar surface area (TPSA) is 56.3 Å². The third kappa shape index (κ3) is 5.22. The number of guanidine groups is 1. The molecule has 2 atom stereocenters. The molecule has 1 fully saturated rings. The van der Waals surface area contributed by atoms with Crippen LogP contribution in [0.2, 0.25) is 0 Å². The second-order valence-electron chi connectivity index (χ2n) is 6.67. The molecule has 142 valence electrons. The summed E-state index contributed by atoms with van der Waals surface area (Å²) in [6.45, 7) is 8.06. The number of aliphatic imine (C=N–C) groups is 1. The first kappa shape index (κ1) is 20.7. The predicted octanol–water partition coefficient (Wildman–Crippen LogP) is 4.01. The zero-order valence-electron chi connectivity index (χ0n) is 15.7. The Kier molecular flexibility index (Phi) is 8.41. The van der Waals surface area contributed by atoms with Gasteiger partial charge in [0.1, 0.15) is 0 Å². The van der Waals surface area contributed by atoms with E-state index in [1.54, 1.807) is 6.20 Å². The van der Waals surface area contributed by atoms with Crippen LogP contribution < -0.4 is 5.32 Å². The van der Waals surface area contributed by atoms with Gasteiger partial charge in [0.05, 0.1) is 12.2 Å². The molecule has 26 heavy (non-hydrogen) atoms. The van der Waals surface area contributed by atoms with Gasteiger partial charge in [0.25, 0.3) is 0 Å². The minimum Gasteiger partial charge on any atom is -0.357 e. The van der Waals surface area contributed by atoms with E-state index in [1.165, 1.54) is 18.4 Å². The van der Waals surface area contributed by atoms with Gasteiger partial charge in [0, 0.05) is 25.8 Å². The van der Waals surface area contributed by atoms with Crippen LogP contribution in [0.4, 0.5) is 0 Å². The fraction of sp³-hybridized carbons (Fsp3) is 0.500. The quantitative estimate of drug-likeness (QED) is 0.397. The minimum absolute atomic E-state index is 0. The molecule has 0 bridgehead atoms. The first-order valence-electron chi connectivity index (χ1n) is 9.38. The summed E-state index contributed by atoms with van der Waals surface area (Å²) in [4.78, 5) is 7.23. The maximum atomic E-state index is 4.81. The lowest BCUT2D eigenvalue weighted by Crippen LogP contribution is -2.48. The SMILES string of the molecule is CCNC(=NCc1ccn[nH]1)N1CCC(c2ccccc2)C(CC)C1.I.